The molecule has 0 aromatic rings. The van der Waals surface area contributed by atoms with E-state index in [0.29, 0.717) is 5.75 Å². The molecule has 1 fully saturated rings. The number of carboxylic acid groups (broad SMARTS) is 2. The van der Waals surface area contributed by atoms with Gasteiger partial charge >= 0.3 is 11.9 Å². The zero-order valence-corrected chi connectivity index (χ0v) is 13.8. The number of nitrogens with zero attached hydrogens (tertiary/aromatic N) is 1. The van der Waals surface area contributed by atoms with Crippen molar-refractivity contribution in [2.45, 2.75) is 43.6 Å². The highest BCUT2D eigenvalue weighted by atomic mass is 32.2. The maximum absolute atomic E-state index is 12.4. The first-order valence-corrected chi connectivity index (χ1v) is 8.00. The molecule has 1 saturated heterocycles. The molecule has 0 spiro atoms. The number of nitrogens with two attached hydrogens (primary N) is 1. The van der Waals surface area contributed by atoms with Gasteiger partial charge in [0, 0.05) is 12.2 Å². The third kappa shape index (κ3) is 4.83. The number of aliphatic carboxylic acids is 2. The minimum absolute atomic E-state index is 0.232. The lowest BCUT2D eigenvalue weighted by atomic mass is 10.1. The number of hydrogen-bond acceptors (Lipinski definition) is 6. The van der Waals surface area contributed by atoms with Crippen LogP contribution in [0.4, 0.5) is 0 Å². The molecule has 2 amide bonds. The van der Waals surface area contributed by atoms with E-state index in [4.69, 9.17) is 15.9 Å². The number of carbonyl (C=O) groups excluding carboxylic acids is 2. The van der Waals surface area contributed by atoms with Crippen LogP contribution in [-0.2, 0) is 19.2 Å². The lowest BCUT2D eigenvalue weighted by molar-refractivity contribution is -0.145. The molecule has 1 aliphatic rings. The van der Waals surface area contributed by atoms with Gasteiger partial charge < -0.3 is 26.2 Å². The highest BCUT2D eigenvalue weighted by Crippen LogP contribution is 2.38. The van der Waals surface area contributed by atoms with E-state index < -0.39 is 40.7 Å². The van der Waals surface area contributed by atoms with E-state index in [-0.39, 0.29) is 19.4 Å². The van der Waals surface area contributed by atoms with Crippen molar-refractivity contribution in [1.29, 1.82) is 0 Å². The molecule has 0 radical (unpaired) electrons. The molecule has 0 aliphatic carbocycles. The molecule has 0 aromatic carbocycles. The van der Waals surface area contributed by atoms with E-state index in [0.717, 1.165) is 0 Å². The van der Waals surface area contributed by atoms with E-state index in [9.17, 15) is 19.2 Å². The van der Waals surface area contributed by atoms with E-state index in [1.54, 1.807) is 13.8 Å². The molecular weight excluding hydrogens is 326 g/mol. The fourth-order valence-corrected chi connectivity index (χ4v) is 3.60. The van der Waals surface area contributed by atoms with Gasteiger partial charge in [-0.3, -0.25) is 14.4 Å². The summed E-state index contributed by atoms with van der Waals surface area (Å²) in [7, 11) is 0. The fraction of sp³-hybridized carbons (Fsp3) is 0.692. The van der Waals surface area contributed by atoms with Crippen LogP contribution in [-0.4, -0.2) is 68.1 Å². The molecule has 0 aromatic heterocycles. The van der Waals surface area contributed by atoms with Crippen molar-refractivity contribution in [2.24, 2.45) is 5.73 Å². The number of nitrogens with one attached hydrogen (secondary N) is 1. The highest BCUT2D eigenvalue weighted by molar-refractivity contribution is 8.00. The van der Waals surface area contributed by atoms with Crippen molar-refractivity contribution in [3.63, 3.8) is 0 Å². The summed E-state index contributed by atoms with van der Waals surface area (Å²) in [6.45, 7) is 3.30. The molecule has 23 heavy (non-hydrogen) atoms. The Morgan fingerprint density at radius 1 is 1.35 bits per heavy atom. The van der Waals surface area contributed by atoms with Crippen LogP contribution in [0.1, 0.15) is 26.7 Å². The minimum Gasteiger partial charge on any atom is -0.481 e. The molecule has 10 heteroatoms. The minimum atomic E-state index is -1.32. The largest absolute Gasteiger partial charge is 0.481 e. The summed E-state index contributed by atoms with van der Waals surface area (Å²) in [5, 5.41) is 20.0. The summed E-state index contributed by atoms with van der Waals surface area (Å²) in [6.07, 6.45) is -0.613. The monoisotopic (exact) mass is 347 g/mol. The van der Waals surface area contributed by atoms with Gasteiger partial charge in [-0.05, 0) is 20.3 Å². The Labute approximate surface area is 137 Å². The Morgan fingerprint density at radius 3 is 2.43 bits per heavy atom. The topological polar surface area (TPSA) is 150 Å². The summed E-state index contributed by atoms with van der Waals surface area (Å²) in [4.78, 5) is 46.8. The maximum atomic E-state index is 12.4. The van der Waals surface area contributed by atoms with Gasteiger partial charge in [0.1, 0.15) is 12.1 Å². The average molecular weight is 347 g/mol. The van der Waals surface area contributed by atoms with Crippen LogP contribution in [0.2, 0.25) is 0 Å². The molecular formula is C13H21N3O6S. The van der Waals surface area contributed by atoms with Crippen molar-refractivity contribution in [3.05, 3.63) is 0 Å². The van der Waals surface area contributed by atoms with E-state index in [2.05, 4.69) is 5.32 Å². The van der Waals surface area contributed by atoms with Gasteiger partial charge in [0.25, 0.3) is 0 Å². The average Bonchev–Trinajstić information content (AvgIpc) is 2.77. The number of carboxylic acids is 2. The van der Waals surface area contributed by atoms with E-state index in [1.807, 2.05) is 0 Å². The van der Waals surface area contributed by atoms with Gasteiger partial charge in [-0.1, -0.05) is 0 Å². The number of thioether (sulfide) groups is 1. The van der Waals surface area contributed by atoms with Gasteiger partial charge in [-0.25, -0.2) is 4.79 Å². The Hall–Kier alpha value is -1.81. The molecule has 1 rings (SSSR count). The van der Waals surface area contributed by atoms with Crippen LogP contribution in [0.3, 0.4) is 0 Å². The van der Waals surface area contributed by atoms with Crippen LogP contribution < -0.4 is 11.1 Å². The first-order chi connectivity index (χ1) is 10.6. The summed E-state index contributed by atoms with van der Waals surface area (Å²) in [5.74, 6) is -3.18. The Kier molecular flexibility index (Phi) is 6.39. The molecule has 0 unspecified atom stereocenters. The van der Waals surface area contributed by atoms with Crippen LogP contribution in [0, 0.1) is 0 Å². The molecule has 130 valence electrons. The van der Waals surface area contributed by atoms with Crippen molar-refractivity contribution in [1.82, 2.24) is 10.2 Å². The molecule has 1 aliphatic heterocycles. The third-order valence-electron chi connectivity index (χ3n) is 3.49. The summed E-state index contributed by atoms with van der Waals surface area (Å²) in [6, 6.07) is -2.15. The summed E-state index contributed by atoms with van der Waals surface area (Å²) < 4.78 is 0. The second-order valence-electron chi connectivity index (χ2n) is 5.57. The standard InChI is InChI=1S/C13H21N3O6S/c1-13(2)16(9(17)5-14)8(6-23-13)11(20)15-7(12(21)22)3-4-10(18)19/h7-8H,3-6,14H2,1-2H3,(H,15,20)(H,18,19)(H,21,22)/t7-,8+/m0/s1. The fourth-order valence-electron chi connectivity index (χ4n) is 2.36. The molecule has 5 N–H and O–H groups in total. The summed E-state index contributed by atoms with van der Waals surface area (Å²) >= 11 is 1.39. The molecule has 1 heterocycles. The first kappa shape index (κ1) is 19.2. The lowest BCUT2D eigenvalue weighted by Crippen LogP contribution is -2.56. The second kappa shape index (κ2) is 7.64. The Bertz CT molecular complexity index is 510. The van der Waals surface area contributed by atoms with Gasteiger partial charge in [-0.2, -0.15) is 0 Å². The number of carbonyl (C=O) groups is 4. The molecule has 0 bridgehead atoms. The maximum Gasteiger partial charge on any atom is 0.326 e. The lowest BCUT2D eigenvalue weighted by Gasteiger charge is -2.34. The predicted molar refractivity (Wildman–Crippen MR) is 82.7 cm³/mol. The van der Waals surface area contributed by atoms with Crippen LogP contribution in [0.5, 0.6) is 0 Å². The number of hydrogen-bond donors (Lipinski definition) is 4. The van der Waals surface area contributed by atoms with Crippen molar-refractivity contribution < 1.29 is 29.4 Å². The van der Waals surface area contributed by atoms with Crippen LogP contribution in [0.15, 0.2) is 0 Å². The predicted octanol–water partition coefficient (Wildman–Crippen LogP) is -0.941. The van der Waals surface area contributed by atoms with E-state index >= 15 is 0 Å². The highest BCUT2D eigenvalue weighted by Gasteiger charge is 2.46. The van der Waals surface area contributed by atoms with Crippen LogP contribution >= 0.6 is 11.8 Å². The van der Waals surface area contributed by atoms with Crippen molar-refractivity contribution in [3.8, 4) is 0 Å². The Morgan fingerprint density at radius 2 is 1.96 bits per heavy atom. The second-order valence-corrected chi connectivity index (χ2v) is 7.19. The van der Waals surface area contributed by atoms with Gasteiger partial charge in [0.15, 0.2) is 0 Å². The zero-order valence-electron chi connectivity index (χ0n) is 12.9. The third-order valence-corrected chi connectivity index (χ3v) is 4.88. The number of amides is 2. The quantitative estimate of drug-likeness (QED) is 0.461. The normalized spacial score (nSPS) is 20.8. The van der Waals surface area contributed by atoms with Gasteiger partial charge in [0.05, 0.1) is 11.4 Å². The summed E-state index contributed by atoms with van der Waals surface area (Å²) in [5.41, 5.74) is 5.37. The zero-order chi connectivity index (χ0) is 17.8. The van der Waals surface area contributed by atoms with Gasteiger partial charge in [-0.15, -0.1) is 11.8 Å². The Balaban J connectivity index is 2.83. The van der Waals surface area contributed by atoms with Gasteiger partial charge in [0.2, 0.25) is 11.8 Å². The SMILES string of the molecule is CC1(C)SC[C@H](C(=O)N[C@@H](CCC(=O)O)C(=O)O)N1C(=O)CN. The smallest absolute Gasteiger partial charge is 0.326 e. The van der Waals surface area contributed by atoms with E-state index in [1.165, 1.54) is 16.7 Å². The molecule has 0 saturated carbocycles. The molecule has 9 nitrogen and oxygen atoms in total. The van der Waals surface area contributed by atoms with Crippen LogP contribution in [0.25, 0.3) is 0 Å². The van der Waals surface area contributed by atoms with Crippen molar-refractivity contribution in [2.75, 3.05) is 12.3 Å². The number of rotatable bonds is 7. The molecule has 2 atom stereocenters. The first-order valence-electron chi connectivity index (χ1n) is 7.01. The van der Waals surface area contributed by atoms with Crippen molar-refractivity contribution >= 4 is 35.5 Å².